The van der Waals surface area contributed by atoms with E-state index in [0.717, 1.165) is 43.1 Å². The van der Waals surface area contributed by atoms with Gasteiger partial charge in [-0.25, -0.2) is 9.78 Å². The minimum absolute atomic E-state index is 0.0218. The maximum atomic E-state index is 13.9. The lowest BCUT2D eigenvalue weighted by atomic mass is 9.85. The van der Waals surface area contributed by atoms with Crippen LogP contribution in [0.15, 0.2) is 23.6 Å². The first-order valence-electron chi connectivity index (χ1n) is 14.5. The molecule has 3 N–H and O–H groups in total. The van der Waals surface area contributed by atoms with Gasteiger partial charge in [-0.2, -0.15) is 0 Å². The fraction of sp³-hybridized carbons (Fsp3) is 0.621. The first kappa shape index (κ1) is 27.9. The minimum atomic E-state index is -0.638. The molecule has 2 amide bonds. The number of thiazole rings is 1. The topological polar surface area (TPSA) is 105 Å². The third kappa shape index (κ3) is 6.23. The summed E-state index contributed by atoms with van der Waals surface area (Å²) >= 11 is 1.45. The van der Waals surface area contributed by atoms with Crippen LogP contribution < -0.4 is 20.7 Å². The third-order valence-corrected chi connectivity index (χ3v) is 9.13. The van der Waals surface area contributed by atoms with Crippen LogP contribution in [-0.4, -0.2) is 72.9 Å². The van der Waals surface area contributed by atoms with Crippen LogP contribution in [0.2, 0.25) is 0 Å². The first-order valence-corrected chi connectivity index (χ1v) is 15.3. The molecule has 1 saturated carbocycles. The van der Waals surface area contributed by atoms with Crippen LogP contribution >= 0.6 is 11.3 Å². The van der Waals surface area contributed by atoms with Crippen LogP contribution in [0.25, 0.3) is 11.3 Å². The molecule has 0 spiro atoms. The van der Waals surface area contributed by atoms with Crippen molar-refractivity contribution < 1.29 is 19.1 Å². The molecule has 1 aliphatic carbocycles. The quantitative estimate of drug-likeness (QED) is 0.410. The molecule has 0 bridgehead atoms. The Kier molecular flexibility index (Phi) is 9.04. The zero-order chi connectivity index (χ0) is 27.2. The SMILES string of the molecule is CCOC(=O)NC1CCN(C2(C(=O)Nc3nc(-c4cc(C5CCCC5)ccc4OCC)cs3)CCNCC2)C1. The summed E-state index contributed by atoms with van der Waals surface area (Å²) in [6.45, 7) is 7.63. The molecular weight excluding hydrogens is 514 g/mol. The van der Waals surface area contributed by atoms with Crippen molar-refractivity contribution in [2.24, 2.45) is 0 Å². The Labute approximate surface area is 235 Å². The van der Waals surface area contributed by atoms with Gasteiger partial charge in [0.15, 0.2) is 5.13 Å². The Morgan fingerprint density at radius 1 is 1.15 bits per heavy atom. The predicted molar refractivity (Wildman–Crippen MR) is 154 cm³/mol. The second kappa shape index (κ2) is 12.7. The van der Waals surface area contributed by atoms with Gasteiger partial charge in [-0.3, -0.25) is 9.69 Å². The third-order valence-electron chi connectivity index (χ3n) is 8.37. The van der Waals surface area contributed by atoms with Gasteiger partial charge in [-0.1, -0.05) is 18.9 Å². The highest BCUT2D eigenvalue weighted by atomic mass is 32.1. The van der Waals surface area contributed by atoms with E-state index in [9.17, 15) is 9.59 Å². The molecule has 3 aliphatic rings. The minimum Gasteiger partial charge on any atom is -0.493 e. The molecule has 10 heteroatoms. The van der Waals surface area contributed by atoms with Crippen LogP contribution in [-0.2, 0) is 9.53 Å². The summed E-state index contributed by atoms with van der Waals surface area (Å²) in [5, 5.41) is 12.1. The fourth-order valence-corrected chi connectivity index (χ4v) is 7.05. The second-order valence-electron chi connectivity index (χ2n) is 10.7. The van der Waals surface area contributed by atoms with E-state index in [2.05, 4.69) is 39.0 Å². The number of nitrogens with zero attached hydrogens (tertiary/aromatic N) is 2. The molecular formula is C29H41N5O4S. The number of carbonyl (C=O) groups is 2. The zero-order valence-corrected chi connectivity index (χ0v) is 23.9. The molecule has 2 saturated heterocycles. The van der Waals surface area contributed by atoms with E-state index in [1.54, 1.807) is 6.92 Å². The van der Waals surface area contributed by atoms with Crippen LogP contribution in [0.3, 0.4) is 0 Å². The molecule has 1 atom stereocenters. The van der Waals surface area contributed by atoms with Crippen LogP contribution in [0.5, 0.6) is 5.75 Å². The monoisotopic (exact) mass is 555 g/mol. The van der Waals surface area contributed by atoms with E-state index in [1.807, 2.05) is 12.3 Å². The Morgan fingerprint density at radius 3 is 2.69 bits per heavy atom. The molecule has 2 aromatic rings. The van der Waals surface area contributed by atoms with Crippen molar-refractivity contribution in [1.29, 1.82) is 0 Å². The van der Waals surface area contributed by atoms with Gasteiger partial charge in [0.1, 0.15) is 11.3 Å². The number of benzene rings is 1. The van der Waals surface area contributed by atoms with Crippen molar-refractivity contribution in [3.63, 3.8) is 0 Å². The molecule has 2 aliphatic heterocycles. The van der Waals surface area contributed by atoms with Crippen LogP contribution in [0.1, 0.15) is 70.3 Å². The molecule has 0 radical (unpaired) electrons. The lowest BCUT2D eigenvalue weighted by molar-refractivity contribution is -0.129. The Balaban J connectivity index is 1.32. The van der Waals surface area contributed by atoms with Crippen LogP contribution in [0.4, 0.5) is 9.93 Å². The number of hydrogen-bond donors (Lipinski definition) is 3. The van der Waals surface area contributed by atoms with Gasteiger partial charge >= 0.3 is 6.09 Å². The van der Waals surface area contributed by atoms with Gasteiger partial charge in [0.25, 0.3) is 0 Å². The molecule has 1 aromatic heterocycles. The smallest absolute Gasteiger partial charge is 0.407 e. The molecule has 212 valence electrons. The highest BCUT2D eigenvalue weighted by Crippen LogP contribution is 2.40. The molecule has 1 unspecified atom stereocenters. The van der Waals surface area contributed by atoms with Gasteiger partial charge in [0.05, 0.1) is 18.9 Å². The molecule has 5 rings (SSSR count). The molecule has 9 nitrogen and oxygen atoms in total. The number of alkyl carbamates (subject to hydrolysis) is 1. The number of amides is 2. The zero-order valence-electron chi connectivity index (χ0n) is 23.1. The number of carbonyl (C=O) groups excluding carboxylic acids is 2. The number of piperidine rings is 1. The largest absolute Gasteiger partial charge is 0.493 e. The van der Waals surface area contributed by atoms with Crippen LogP contribution in [0, 0.1) is 0 Å². The van der Waals surface area contributed by atoms with E-state index in [4.69, 9.17) is 14.5 Å². The lowest BCUT2D eigenvalue weighted by Crippen LogP contribution is -2.61. The van der Waals surface area contributed by atoms with E-state index in [0.29, 0.717) is 43.6 Å². The second-order valence-corrected chi connectivity index (χ2v) is 11.6. The van der Waals surface area contributed by atoms with Gasteiger partial charge < -0.3 is 25.4 Å². The van der Waals surface area contributed by atoms with Crippen molar-refractivity contribution in [3.8, 4) is 17.0 Å². The Hall–Kier alpha value is -2.69. The number of anilines is 1. The number of likely N-dealkylation sites (tertiary alicyclic amines) is 1. The van der Waals surface area contributed by atoms with Crippen molar-refractivity contribution in [2.45, 2.75) is 76.3 Å². The van der Waals surface area contributed by atoms with E-state index in [1.165, 1.54) is 42.6 Å². The average Bonchev–Trinajstić information content (AvgIpc) is 3.73. The number of nitrogens with one attached hydrogen (secondary N) is 3. The highest BCUT2D eigenvalue weighted by molar-refractivity contribution is 7.14. The standard InChI is InChI=1S/C29H41N5O4S/c1-3-37-25-10-9-21(20-7-5-6-8-20)17-23(25)24-19-39-27(32-24)33-26(35)29(12-14-30-15-13-29)34-16-11-22(18-34)31-28(36)38-4-2/h9-10,17,19-20,22,30H,3-8,11-16,18H2,1-2H3,(H,31,36)(H,32,33,35). The van der Waals surface area contributed by atoms with Gasteiger partial charge in [-0.05, 0) is 82.7 Å². The number of ether oxygens (including phenoxy) is 2. The highest BCUT2D eigenvalue weighted by Gasteiger charge is 2.47. The van der Waals surface area contributed by atoms with E-state index < -0.39 is 11.6 Å². The first-order chi connectivity index (χ1) is 19.0. The Bertz CT molecular complexity index is 1140. The van der Waals surface area contributed by atoms with Crippen molar-refractivity contribution in [1.82, 2.24) is 20.5 Å². The number of rotatable bonds is 9. The summed E-state index contributed by atoms with van der Waals surface area (Å²) in [5.41, 5.74) is 2.53. The summed E-state index contributed by atoms with van der Waals surface area (Å²) in [4.78, 5) is 33.0. The molecule has 3 heterocycles. The van der Waals surface area contributed by atoms with Gasteiger partial charge in [-0.15, -0.1) is 11.3 Å². The summed E-state index contributed by atoms with van der Waals surface area (Å²) < 4.78 is 11.0. The maximum Gasteiger partial charge on any atom is 0.407 e. The summed E-state index contributed by atoms with van der Waals surface area (Å²) in [5.74, 6) is 1.40. The molecule has 39 heavy (non-hydrogen) atoms. The molecule has 1 aromatic carbocycles. The van der Waals surface area contributed by atoms with E-state index in [-0.39, 0.29) is 11.9 Å². The average molecular weight is 556 g/mol. The summed E-state index contributed by atoms with van der Waals surface area (Å²) in [6.07, 6.45) is 6.85. The lowest BCUT2D eigenvalue weighted by Gasteiger charge is -2.43. The predicted octanol–water partition coefficient (Wildman–Crippen LogP) is 4.75. The number of aromatic nitrogens is 1. The summed E-state index contributed by atoms with van der Waals surface area (Å²) in [6, 6.07) is 6.47. The van der Waals surface area contributed by atoms with E-state index >= 15 is 0 Å². The Morgan fingerprint density at radius 2 is 1.95 bits per heavy atom. The maximum absolute atomic E-state index is 13.9. The fourth-order valence-electron chi connectivity index (χ4n) is 6.34. The molecule has 3 fully saturated rings. The van der Waals surface area contributed by atoms with Crippen molar-refractivity contribution in [2.75, 3.05) is 44.7 Å². The number of hydrogen-bond acceptors (Lipinski definition) is 8. The summed E-state index contributed by atoms with van der Waals surface area (Å²) in [7, 11) is 0. The van der Waals surface area contributed by atoms with Gasteiger partial charge in [0, 0.05) is 30.1 Å². The van der Waals surface area contributed by atoms with Crippen molar-refractivity contribution >= 4 is 28.5 Å². The van der Waals surface area contributed by atoms with Crippen molar-refractivity contribution in [3.05, 3.63) is 29.1 Å². The van der Waals surface area contributed by atoms with Gasteiger partial charge in [0.2, 0.25) is 5.91 Å². The normalized spacial score (nSPS) is 21.5.